The molecule has 0 aliphatic carbocycles. The monoisotopic (exact) mass is 487 g/mol. The summed E-state index contributed by atoms with van der Waals surface area (Å²) in [6, 6.07) is 0.450. The number of carbonyl (C=O) groups is 1. The van der Waals surface area contributed by atoms with Gasteiger partial charge in [-0.1, -0.05) is 23.2 Å². The van der Waals surface area contributed by atoms with Crippen LogP contribution in [0, 0.1) is 0 Å². The van der Waals surface area contributed by atoms with Crippen molar-refractivity contribution in [1.82, 2.24) is 15.3 Å². The van der Waals surface area contributed by atoms with Crippen LogP contribution in [-0.2, 0) is 17.1 Å². The molecule has 1 aliphatic heterocycles. The molecule has 2 N–H and O–H groups in total. The van der Waals surface area contributed by atoms with E-state index >= 15 is 0 Å². The zero-order valence-electron chi connectivity index (χ0n) is 15.3. The highest BCUT2D eigenvalue weighted by Gasteiger charge is 2.35. The summed E-state index contributed by atoms with van der Waals surface area (Å²) in [6.07, 6.45) is -7.36. The summed E-state index contributed by atoms with van der Waals surface area (Å²) in [7, 11) is 0. The third-order valence-corrected chi connectivity index (χ3v) is 4.89. The first-order chi connectivity index (χ1) is 14.4. The molecule has 1 amide bonds. The summed E-state index contributed by atoms with van der Waals surface area (Å²) in [4.78, 5) is 20.2. The maximum Gasteiger partial charge on any atom is 0.417 e. The van der Waals surface area contributed by atoms with Crippen LogP contribution in [0.5, 0.6) is 0 Å². The summed E-state index contributed by atoms with van der Waals surface area (Å²) in [5.41, 5.74) is 0.161. The summed E-state index contributed by atoms with van der Waals surface area (Å²) in [5, 5.41) is 2.63. The van der Waals surface area contributed by atoms with Crippen LogP contribution >= 0.6 is 23.2 Å². The lowest BCUT2D eigenvalue weighted by atomic mass is 10.2. The SMILES string of the molecule is O=C(C1CCCN1)N(Nc1ncc(C(F)(F)F)cc1Cl)c1ncc(C(F)(F)F)cc1Cl. The van der Waals surface area contributed by atoms with Gasteiger partial charge in [0.1, 0.15) is 0 Å². The number of hydrogen-bond donors (Lipinski definition) is 2. The smallest absolute Gasteiger partial charge is 0.306 e. The van der Waals surface area contributed by atoms with Crippen molar-refractivity contribution in [2.75, 3.05) is 17.0 Å². The van der Waals surface area contributed by atoms with E-state index < -0.39 is 51.3 Å². The number of halogens is 8. The first-order valence-electron chi connectivity index (χ1n) is 8.67. The first-order valence-corrected chi connectivity index (χ1v) is 9.43. The fourth-order valence-electron chi connectivity index (χ4n) is 2.79. The maximum atomic E-state index is 13.0. The largest absolute Gasteiger partial charge is 0.417 e. The molecule has 2 aromatic heterocycles. The number of nitrogens with one attached hydrogen (secondary N) is 2. The van der Waals surface area contributed by atoms with Gasteiger partial charge in [-0.05, 0) is 31.5 Å². The van der Waals surface area contributed by atoms with Crippen LogP contribution in [0.3, 0.4) is 0 Å². The number of hydrogen-bond acceptors (Lipinski definition) is 5. The van der Waals surface area contributed by atoms with Crippen LogP contribution in [0.1, 0.15) is 24.0 Å². The molecule has 14 heteroatoms. The number of aromatic nitrogens is 2. The molecule has 1 atom stereocenters. The van der Waals surface area contributed by atoms with E-state index in [-0.39, 0.29) is 5.82 Å². The van der Waals surface area contributed by atoms with Crippen LogP contribution in [0.4, 0.5) is 38.0 Å². The van der Waals surface area contributed by atoms with Gasteiger partial charge >= 0.3 is 12.4 Å². The predicted octanol–water partition coefficient (Wildman–Crippen LogP) is 4.93. The van der Waals surface area contributed by atoms with E-state index in [4.69, 9.17) is 23.2 Å². The molecule has 0 saturated carbocycles. The van der Waals surface area contributed by atoms with Crippen molar-refractivity contribution < 1.29 is 31.1 Å². The van der Waals surface area contributed by atoms with Gasteiger partial charge in [0.2, 0.25) is 0 Å². The van der Waals surface area contributed by atoms with Crippen molar-refractivity contribution in [1.29, 1.82) is 0 Å². The molecule has 1 aliphatic rings. The molecule has 1 saturated heterocycles. The zero-order valence-corrected chi connectivity index (χ0v) is 16.8. The van der Waals surface area contributed by atoms with Crippen LogP contribution in [0.15, 0.2) is 24.5 Å². The van der Waals surface area contributed by atoms with Crippen molar-refractivity contribution >= 4 is 40.7 Å². The lowest BCUT2D eigenvalue weighted by Crippen LogP contribution is -2.47. The normalized spacial score (nSPS) is 17.0. The lowest BCUT2D eigenvalue weighted by molar-refractivity contribution is -0.138. The van der Waals surface area contributed by atoms with E-state index in [1.807, 2.05) is 0 Å². The Kier molecular flexibility index (Phi) is 6.53. The Bertz CT molecular complexity index is 978. The number of amides is 1. The van der Waals surface area contributed by atoms with Gasteiger partial charge in [-0.15, -0.1) is 0 Å². The molecule has 1 unspecified atom stereocenters. The summed E-state index contributed by atoms with van der Waals surface area (Å²) in [5.74, 6) is -1.42. The Hall–Kier alpha value is -2.31. The number of anilines is 2. The van der Waals surface area contributed by atoms with Crippen molar-refractivity contribution in [2.45, 2.75) is 31.2 Å². The van der Waals surface area contributed by atoms with Crippen molar-refractivity contribution in [3.8, 4) is 0 Å². The van der Waals surface area contributed by atoms with E-state index in [9.17, 15) is 31.1 Å². The van der Waals surface area contributed by atoms with Gasteiger partial charge in [0.15, 0.2) is 11.6 Å². The summed E-state index contributed by atoms with van der Waals surface area (Å²) < 4.78 is 77.3. The average Bonchev–Trinajstić information content (AvgIpc) is 3.20. The predicted molar refractivity (Wildman–Crippen MR) is 101 cm³/mol. The molecule has 31 heavy (non-hydrogen) atoms. The molecule has 3 heterocycles. The lowest BCUT2D eigenvalue weighted by Gasteiger charge is -2.27. The highest BCUT2D eigenvalue weighted by molar-refractivity contribution is 6.34. The number of nitrogens with zero attached hydrogens (tertiary/aromatic N) is 3. The second-order valence-electron chi connectivity index (χ2n) is 6.51. The number of hydrazine groups is 1. The minimum atomic E-state index is -4.72. The molecule has 1 fully saturated rings. The Labute approximate surface area is 181 Å². The van der Waals surface area contributed by atoms with Gasteiger partial charge < -0.3 is 5.32 Å². The molecule has 6 nitrogen and oxygen atoms in total. The van der Waals surface area contributed by atoms with Gasteiger partial charge in [0.25, 0.3) is 5.91 Å². The number of alkyl halides is 6. The van der Waals surface area contributed by atoms with E-state index in [0.717, 1.165) is 0 Å². The standard InChI is InChI=1S/C17H13Cl2F6N5O/c18-10-4-8(16(20,21)22)6-27-13(10)29-30(15(31)12-2-1-3-26-12)14-11(19)5-9(7-28-14)17(23,24)25/h4-7,12,26H,1-3H2,(H,27,29). The van der Waals surface area contributed by atoms with Crippen LogP contribution < -0.4 is 15.8 Å². The minimum Gasteiger partial charge on any atom is -0.306 e. The number of carbonyl (C=O) groups excluding carboxylic acids is 1. The van der Waals surface area contributed by atoms with Gasteiger partial charge in [-0.2, -0.15) is 26.3 Å². The fraction of sp³-hybridized carbons (Fsp3) is 0.353. The van der Waals surface area contributed by atoms with Crippen molar-refractivity contribution in [3.63, 3.8) is 0 Å². The highest BCUT2D eigenvalue weighted by atomic mass is 35.5. The van der Waals surface area contributed by atoms with Crippen LogP contribution in [0.2, 0.25) is 10.0 Å². The molecule has 0 bridgehead atoms. The molecule has 0 radical (unpaired) electrons. The van der Waals surface area contributed by atoms with E-state index in [1.54, 1.807) is 0 Å². The van der Waals surface area contributed by atoms with E-state index in [0.29, 0.717) is 48.9 Å². The Morgan fingerprint density at radius 1 is 1.03 bits per heavy atom. The van der Waals surface area contributed by atoms with Gasteiger partial charge in [-0.25, -0.2) is 15.0 Å². The molecule has 168 valence electrons. The Balaban J connectivity index is 1.99. The molecule has 2 aromatic rings. The summed E-state index contributed by atoms with van der Waals surface area (Å²) >= 11 is 11.8. The van der Waals surface area contributed by atoms with Gasteiger partial charge in [-0.3, -0.25) is 10.2 Å². The summed E-state index contributed by atoms with van der Waals surface area (Å²) in [6.45, 7) is 0.526. The molecular weight excluding hydrogens is 475 g/mol. The second kappa shape index (κ2) is 8.67. The van der Waals surface area contributed by atoms with Crippen molar-refractivity contribution in [2.24, 2.45) is 0 Å². The van der Waals surface area contributed by atoms with Crippen molar-refractivity contribution in [3.05, 3.63) is 45.7 Å². The molecule has 0 aromatic carbocycles. The highest BCUT2D eigenvalue weighted by Crippen LogP contribution is 2.35. The Morgan fingerprint density at radius 2 is 1.61 bits per heavy atom. The van der Waals surface area contributed by atoms with Gasteiger partial charge in [0, 0.05) is 12.4 Å². The maximum absolute atomic E-state index is 13.0. The number of rotatable bonds is 4. The fourth-order valence-corrected chi connectivity index (χ4v) is 3.25. The second-order valence-corrected chi connectivity index (χ2v) is 7.33. The molecular formula is C17H13Cl2F6N5O. The zero-order chi connectivity index (χ0) is 23.0. The van der Waals surface area contributed by atoms with E-state index in [1.165, 1.54) is 0 Å². The van der Waals surface area contributed by atoms with Gasteiger partial charge in [0.05, 0.1) is 27.2 Å². The number of pyridine rings is 2. The topological polar surface area (TPSA) is 70.2 Å². The minimum absolute atomic E-state index is 0.348. The van der Waals surface area contributed by atoms with E-state index in [2.05, 4.69) is 20.7 Å². The van der Waals surface area contributed by atoms with Crippen LogP contribution in [0.25, 0.3) is 0 Å². The molecule has 0 spiro atoms. The Morgan fingerprint density at radius 3 is 2.10 bits per heavy atom. The first kappa shape index (κ1) is 23.4. The quantitative estimate of drug-likeness (QED) is 0.472. The molecule has 3 rings (SSSR count). The van der Waals surface area contributed by atoms with Crippen LogP contribution in [-0.4, -0.2) is 28.5 Å². The third kappa shape index (κ3) is 5.31. The average molecular weight is 488 g/mol. The third-order valence-electron chi connectivity index (χ3n) is 4.33.